The van der Waals surface area contributed by atoms with Gasteiger partial charge < -0.3 is 19.4 Å². The predicted molar refractivity (Wildman–Crippen MR) is 126 cm³/mol. The van der Waals surface area contributed by atoms with Crippen molar-refractivity contribution in [3.8, 4) is 0 Å². The van der Waals surface area contributed by atoms with Crippen molar-refractivity contribution in [2.75, 3.05) is 44.2 Å². The molecular formula is C26H30N4O3. The third-order valence-corrected chi connectivity index (χ3v) is 6.73. The van der Waals surface area contributed by atoms with Gasteiger partial charge in [0.25, 0.3) is 11.8 Å². The van der Waals surface area contributed by atoms with E-state index in [0.29, 0.717) is 38.2 Å². The summed E-state index contributed by atoms with van der Waals surface area (Å²) in [6.45, 7) is 4.07. The fourth-order valence-electron chi connectivity index (χ4n) is 4.94. The van der Waals surface area contributed by atoms with Crippen LogP contribution in [0.25, 0.3) is 0 Å². The zero-order valence-corrected chi connectivity index (χ0v) is 18.9. The second kappa shape index (κ2) is 9.35. The Hall–Kier alpha value is -3.19. The summed E-state index contributed by atoms with van der Waals surface area (Å²) >= 11 is 0. The molecule has 1 spiro atoms. The Morgan fingerprint density at radius 1 is 1.06 bits per heavy atom. The van der Waals surface area contributed by atoms with Crippen LogP contribution in [-0.4, -0.2) is 71.5 Å². The summed E-state index contributed by atoms with van der Waals surface area (Å²) in [5.41, 5.74) is 0.647. The summed E-state index contributed by atoms with van der Waals surface area (Å²) in [7, 11) is 0. The van der Waals surface area contributed by atoms with E-state index in [9.17, 15) is 9.59 Å². The van der Waals surface area contributed by atoms with Crippen LogP contribution in [0.2, 0.25) is 0 Å². The first-order valence-electron chi connectivity index (χ1n) is 11.8. The topological polar surface area (TPSA) is 66.0 Å². The highest BCUT2D eigenvalue weighted by Gasteiger charge is 2.47. The maximum atomic E-state index is 13.7. The van der Waals surface area contributed by atoms with Crippen LogP contribution in [0.4, 0.5) is 5.82 Å². The Morgan fingerprint density at radius 2 is 1.88 bits per heavy atom. The van der Waals surface area contributed by atoms with Crippen LogP contribution in [0, 0.1) is 0 Å². The molecule has 0 N–H and O–H groups in total. The molecule has 0 radical (unpaired) electrons. The van der Waals surface area contributed by atoms with Gasteiger partial charge in [0, 0.05) is 50.9 Å². The van der Waals surface area contributed by atoms with Gasteiger partial charge in [0.2, 0.25) is 0 Å². The van der Waals surface area contributed by atoms with Gasteiger partial charge in [-0.2, -0.15) is 0 Å². The molecule has 2 amide bonds. The van der Waals surface area contributed by atoms with E-state index >= 15 is 0 Å². The molecule has 3 aliphatic rings. The summed E-state index contributed by atoms with van der Waals surface area (Å²) in [6, 6.07) is 13.6. The van der Waals surface area contributed by atoms with Gasteiger partial charge in [-0.3, -0.25) is 9.59 Å². The largest absolute Gasteiger partial charge is 0.361 e. The Labute approximate surface area is 194 Å². The second-order valence-electron chi connectivity index (χ2n) is 9.01. The maximum absolute atomic E-state index is 13.7. The summed E-state index contributed by atoms with van der Waals surface area (Å²) in [6.07, 6.45) is 8.51. The quantitative estimate of drug-likeness (QED) is 0.676. The maximum Gasteiger partial charge on any atom is 0.257 e. The number of aromatic nitrogens is 1. The molecule has 1 aromatic carbocycles. The fraction of sp³-hybridized carbons (Fsp3) is 0.423. The average Bonchev–Trinajstić information content (AvgIpc) is 3.37. The molecule has 0 saturated carbocycles. The van der Waals surface area contributed by atoms with Crippen molar-refractivity contribution in [3.05, 3.63) is 71.9 Å². The minimum absolute atomic E-state index is 0.0543. The number of benzene rings is 1. The number of hydrogen-bond acceptors (Lipinski definition) is 5. The standard InChI is InChI=1S/C26H30N4O3/c31-24(22-10-12-27-23(18-22)28-13-6-7-14-28)30-16-17-33-26(20-30)11-4-5-15-29(25(26)32)19-21-8-2-1-3-9-21/h1-5,8-10,12,18H,6-7,11,13-17,19-20H2/t26-/m1/s1. The molecule has 7 nitrogen and oxygen atoms in total. The van der Waals surface area contributed by atoms with Crippen molar-refractivity contribution in [1.29, 1.82) is 0 Å². The van der Waals surface area contributed by atoms with E-state index < -0.39 is 5.60 Å². The Morgan fingerprint density at radius 3 is 2.70 bits per heavy atom. The van der Waals surface area contributed by atoms with E-state index in [2.05, 4.69) is 9.88 Å². The van der Waals surface area contributed by atoms with Crippen LogP contribution >= 0.6 is 0 Å². The lowest BCUT2D eigenvalue weighted by Crippen LogP contribution is -2.60. The third kappa shape index (κ3) is 4.50. The lowest BCUT2D eigenvalue weighted by molar-refractivity contribution is -0.167. The zero-order valence-electron chi connectivity index (χ0n) is 18.9. The van der Waals surface area contributed by atoms with Gasteiger partial charge in [-0.05, 0) is 30.5 Å². The summed E-state index contributed by atoms with van der Waals surface area (Å²) in [5.74, 6) is 0.723. The van der Waals surface area contributed by atoms with Crippen molar-refractivity contribution in [2.45, 2.75) is 31.4 Å². The van der Waals surface area contributed by atoms with E-state index in [0.717, 1.165) is 37.3 Å². The van der Waals surface area contributed by atoms with Crippen molar-refractivity contribution < 1.29 is 14.3 Å². The number of rotatable bonds is 4. The van der Waals surface area contributed by atoms with Crippen LogP contribution in [0.15, 0.2) is 60.8 Å². The van der Waals surface area contributed by atoms with Crippen LogP contribution < -0.4 is 4.90 Å². The van der Waals surface area contributed by atoms with Crippen LogP contribution in [-0.2, 0) is 16.1 Å². The predicted octanol–water partition coefficient (Wildman–Crippen LogP) is 2.88. The van der Waals surface area contributed by atoms with Crippen molar-refractivity contribution >= 4 is 17.6 Å². The molecule has 3 aliphatic heterocycles. The van der Waals surface area contributed by atoms with Crippen molar-refractivity contribution in [3.63, 3.8) is 0 Å². The molecule has 0 unspecified atom stereocenters. The minimum atomic E-state index is -1.04. The Kier molecular flexibility index (Phi) is 6.13. The van der Waals surface area contributed by atoms with Crippen molar-refractivity contribution in [2.24, 2.45) is 0 Å². The molecule has 2 saturated heterocycles. The molecule has 1 atom stereocenters. The fourth-order valence-corrected chi connectivity index (χ4v) is 4.94. The first kappa shape index (κ1) is 21.6. The van der Waals surface area contributed by atoms with E-state index in [1.165, 1.54) is 0 Å². The number of anilines is 1. The van der Waals surface area contributed by atoms with Crippen LogP contribution in [0.1, 0.15) is 35.2 Å². The molecule has 4 heterocycles. The molecular weight excluding hydrogens is 416 g/mol. The van der Waals surface area contributed by atoms with Crippen LogP contribution in [0.5, 0.6) is 0 Å². The van der Waals surface area contributed by atoms with Crippen molar-refractivity contribution in [1.82, 2.24) is 14.8 Å². The number of carbonyl (C=O) groups excluding carboxylic acids is 2. The molecule has 2 aromatic rings. The van der Waals surface area contributed by atoms with Crippen LogP contribution in [0.3, 0.4) is 0 Å². The highest BCUT2D eigenvalue weighted by Crippen LogP contribution is 2.29. The van der Waals surface area contributed by atoms with Gasteiger partial charge in [0.05, 0.1) is 13.2 Å². The highest BCUT2D eigenvalue weighted by atomic mass is 16.5. The lowest BCUT2D eigenvalue weighted by atomic mass is 9.95. The summed E-state index contributed by atoms with van der Waals surface area (Å²) < 4.78 is 6.13. The second-order valence-corrected chi connectivity index (χ2v) is 9.01. The number of pyridine rings is 1. The van der Waals surface area contributed by atoms with Gasteiger partial charge in [0.15, 0.2) is 5.60 Å². The van der Waals surface area contributed by atoms with E-state index in [1.54, 1.807) is 17.2 Å². The smallest absolute Gasteiger partial charge is 0.257 e. The highest BCUT2D eigenvalue weighted by molar-refractivity contribution is 5.96. The monoisotopic (exact) mass is 446 g/mol. The molecule has 172 valence electrons. The molecule has 2 fully saturated rings. The van der Waals surface area contributed by atoms with Gasteiger partial charge in [-0.25, -0.2) is 4.98 Å². The van der Waals surface area contributed by atoms with Gasteiger partial charge in [0.1, 0.15) is 5.82 Å². The lowest BCUT2D eigenvalue weighted by Gasteiger charge is -2.42. The minimum Gasteiger partial charge on any atom is -0.361 e. The molecule has 0 aliphatic carbocycles. The number of morpholine rings is 1. The Balaban J connectivity index is 1.34. The molecule has 5 rings (SSSR count). The Bertz CT molecular complexity index is 1030. The van der Waals surface area contributed by atoms with Gasteiger partial charge in [-0.1, -0.05) is 42.5 Å². The number of amides is 2. The molecule has 7 heteroatoms. The number of ether oxygens (including phenoxy) is 1. The van der Waals surface area contributed by atoms with Gasteiger partial charge in [-0.15, -0.1) is 0 Å². The summed E-state index contributed by atoms with van der Waals surface area (Å²) in [5, 5.41) is 0. The number of carbonyl (C=O) groups is 2. The molecule has 1 aromatic heterocycles. The third-order valence-electron chi connectivity index (χ3n) is 6.73. The number of hydrogen-bond donors (Lipinski definition) is 0. The average molecular weight is 447 g/mol. The number of nitrogens with zero attached hydrogens (tertiary/aromatic N) is 4. The SMILES string of the molecule is O=C(c1ccnc(N2CCCC2)c1)N1CCO[C@]2(CC=CCN(Cc3ccccc3)C2=O)C1. The molecule has 0 bridgehead atoms. The molecule has 33 heavy (non-hydrogen) atoms. The summed E-state index contributed by atoms with van der Waals surface area (Å²) in [4.78, 5) is 37.4. The first-order chi connectivity index (χ1) is 16.1. The van der Waals surface area contributed by atoms with E-state index in [1.807, 2.05) is 53.5 Å². The van der Waals surface area contributed by atoms with E-state index in [4.69, 9.17) is 4.74 Å². The normalized spacial score (nSPS) is 23.3. The zero-order chi connectivity index (χ0) is 22.7. The first-order valence-corrected chi connectivity index (χ1v) is 11.8. The van der Waals surface area contributed by atoms with E-state index in [-0.39, 0.29) is 18.4 Å². The van der Waals surface area contributed by atoms with Gasteiger partial charge >= 0.3 is 0 Å².